The molecule has 0 saturated carbocycles. The third-order valence-electron chi connectivity index (χ3n) is 6.30. The van der Waals surface area contributed by atoms with Crippen molar-refractivity contribution < 1.29 is 49.6 Å². The van der Waals surface area contributed by atoms with E-state index < -0.39 is 43.4 Å². The van der Waals surface area contributed by atoms with E-state index >= 15 is 0 Å². The number of allylic oxidation sites excluding steroid dienone is 2. The van der Waals surface area contributed by atoms with Crippen molar-refractivity contribution in [3.63, 3.8) is 0 Å². The number of aliphatic hydroxyl groups is 4. The zero-order valence-electron chi connectivity index (χ0n) is 19.9. The van der Waals surface area contributed by atoms with E-state index in [2.05, 4.69) is 0 Å². The predicted molar refractivity (Wildman–Crippen MR) is 126 cm³/mol. The molecule has 1 saturated heterocycles. The van der Waals surface area contributed by atoms with Crippen LogP contribution in [0.15, 0.2) is 42.0 Å². The highest BCUT2D eigenvalue weighted by atomic mass is 16.7. The van der Waals surface area contributed by atoms with Crippen molar-refractivity contribution in [1.29, 1.82) is 0 Å². The van der Waals surface area contributed by atoms with Gasteiger partial charge in [-0.15, -0.1) is 0 Å². The van der Waals surface area contributed by atoms with Crippen molar-refractivity contribution in [2.24, 2.45) is 0 Å². The van der Waals surface area contributed by atoms with Crippen LogP contribution in [0, 0.1) is 0 Å². The van der Waals surface area contributed by atoms with E-state index in [0.717, 1.165) is 5.57 Å². The van der Waals surface area contributed by atoms with Crippen LogP contribution < -0.4 is 9.47 Å². The summed E-state index contributed by atoms with van der Waals surface area (Å²) in [6.07, 6.45) is -6.14. The predicted octanol–water partition coefficient (Wildman–Crippen LogP) is 1.49. The van der Waals surface area contributed by atoms with E-state index in [-0.39, 0.29) is 47.2 Å². The van der Waals surface area contributed by atoms with Gasteiger partial charge < -0.3 is 44.8 Å². The first-order valence-corrected chi connectivity index (χ1v) is 11.6. The van der Waals surface area contributed by atoms with Gasteiger partial charge in [-0.1, -0.05) is 23.8 Å². The molecule has 10 nitrogen and oxygen atoms in total. The number of carbonyl (C=O) groups is 1. The first kappa shape index (κ1) is 25.9. The summed E-state index contributed by atoms with van der Waals surface area (Å²) < 4.78 is 17.5. The number of fused-ring (bicyclic) bond motifs is 1. The monoisotopic (exact) mass is 502 g/mol. The van der Waals surface area contributed by atoms with Crippen molar-refractivity contribution in [3.8, 4) is 23.0 Å². The number of rotatable bonds is 6. The largest absolute Gasteiger partial charge is 0.508 e. The molecule has 0 aromatic heterocycles. The summed E-state index contributed by atoms with van der Waals surface area (Å²) in [6, 6.07) is 7.47. The van der Waals surface area contributed by atoms with E-state index in [1.165, 1.54) is 18.2 Å². The third-order valence-corrected chi connectivity index (χ3v) is 6.30. The van der Waals surface area contributed by atoms with E-state index in [1.807, 2.05) is 19.9 Å². The van der Waals surface area contributed by atoms with Crippen LogP contribution >= 0.6 is 0 Å². The molecule has 2 heterocycles. The summed E-state index contributed by atoms with van der Waals surface area (Å²) in [5.41, 5.74) is 2.02. The quantitative estimate of drug-likeness (QED) is 0.319. The van der Waals surface area contributed by atoms with Gasteiger partial charge in [0.2, 0.25) is 6.29 Å². The maximum absolute atomic E-state index is 13.1. The molecule has 10 heteroatoms. The van der Waals surface area contributed by atoms with Gasteiger partial charge in [0.15, 0.2) is 5.78 Å². The van der Waals surface area contributed by atoms with Crippen molar-refractivity contribution in [2.75, 3.05) is 6.61 Å². The van der Waals surface area contributed by atoms with Crippen LogP contribution in [0.5, 0.6) is 23.0 Å². The standard InChI is InChI=1S/C26H30O10/c1-12(2)3-8-15-19(35-26-24(33)23(32)22(31)20(11-27)36-26)10-17(30)21-16(29)9-18(34-25(15)21)13-4-6-14(28)7-5-13/h3-7,10,18,20,22-24,26-28,30-33H,8-9,11H2,1-2H3/t18-,20+,22+,23-,24+,26+/m0/s1. The summed E-state index contributed by atoms with van der Waals surface area (Å²) in [6.45, 7) is 3.14. The normalized spacial score (nSPS) is 27.7. The average Bonchev–Trinajstić information content (AvgIpc) is 2.83. The van der Waals surface area contributed by atoms with Crippen molar-refractivity contribution in [3.05, 3.63) is 58.7 Å². The molecule has 2 aromatic rings. The van der Waals surface area contributed by atoms with Crippen LogP contribution in [-0.4, -0.2) is 73.7 Å². The van der Waals surface area contributed by atoms with Crippen molar-refractivity contribution >= 4 is 5.78 Å². The maximum atomic E-state index is 13.1. The summed E-state index contributed by atoms with van der Waals surface area (Å²) in [4.78, 5) is 13.1. The van der Waals surface area contributed by atoms with Crippen LogP contribution in [0.3, 0.4) is 0 Å². The first-order valence-electron chi connectivity index (χ1n) is 11.6. The Morgan fingerprint density at radius 1 is 1.08 bits per heavy atom. The van der Waals surface area contributed by atoms with Gasteiger partial charge in [0.05, 0.1) is 13.0 Å². The van der Waals surface area contributed by atoms with Gasteiger partial charge >= 0.3 is 0 Å². The zero-order valence-corrected chi connectivity index (χ0v) is 19.9. The summed E-state index contributed by atoms with van der Waals surface area (Å²) >= 11 is 0. The number of aromatic hydroxyl groups is 2. The molecule has 0 amide bonds. The number of benzene rings is 2. The van der Waals surface area contributed by atoms with Gasteiger partial charge in [0.25, 0.3) is 0 Å². The molecule has 2 aliphatic heterocycles. The second-order valence-corrected chi connectivity index (χ2v) is 9.20. The number of hydrogen-bond acceptors (Lipinski definition) is 10. The van der Waals surface area contributed by atoms with Crippen LogP contribution in [0.25, 0.3) is 0 Å². The van der Waals surface area contributed by atoms with Gasteiger partial charge in [0, 0.05) is 11.6 Å². The maximum Gasteiger partial charge on any atom is 0.229 e. The highest BCUT2D eigenvalue weighted by Crippen LogP contribution is 2.46. The van der Waals surface area contributed by atoms with Gasteiger partial charge in [-0.3, -0.25) is 4.79 Å². The summed E-state index contributed by atoms with van der Waals surface area (Å²) in [5.74, 6) is -0.517. The second kappa shape index (κ2) is 10.5. The number of carbonyl (C=O) groups excluding carboxylic acids is 1. The molecule has 2 aromatic carbocycles. The number of aliphatic hydroxyl groups excluding tert-OH is 4. The Labute approximate surface area is 207 Å². The molecule has 194 valence electrons. The molecule has 6 atom stereocenters. The topological polar surface area (TPSA) is 166 Å². The first-order chi connectivity index (χ1) is 17.1. The summed E-state index contributed by atoms with van der Waals surface area (Å²) in [7, 11) is 0. The molecular weight excluding hydrogens is 472 g/mol. The lowest BCUT2D eigenvalue weighted by atomic mass is 9.92. The second-order valence-electron chi connectivity index (χ2n) is 9.20. The molecular formula is C26H30O10. The lowest BCUT2D eigenvalue weighted by Crippen LogP contribution is -2.60. The highest BCUT2D eigenvalue weighted by molar-refractivity contribution is 6.03. The number of phenolic OH excluding ortho intramolecular Hbond substituents is 2. The van der Waals surface area contributed by atoms with Gasteiger partial charge in [0.1, 0.15) is 59.1 Å². The van der Waals surface area contributed by atoms with E-state index in [4.69, 9.17) is 14.2 Å². The Bertz CT molecular complexity index is 1140. The fraction of sp³-hybridized carbons (Fsp3) is 0.423. The van der Waals surface area contributed by atoms with Gasteiger partial charge in [-0.25, -0.2) is 0 Å². The molecule has 2 aliphatic rings. The molecule has 0 spiro atoms. The van der Waals surface area contributed by atoms with E-state index in [9.17, 15) is 35.4 Å². The minimum absolute atomic E-state index is 0.00309. The number of phenols is 2. The molecule has 0 bridgehead atoms. The Balaban J connectivity index is 1.76. The number of ether oxygens (including phenoxy) is 3. The fourth-order valence-electron chi connectivity index (χ4n) is 4.29. The van der Waals surface area contributed by atoms with Crippen LogP contribution in [0.1, 0.15) is 47.9 Å². The average molecular weight is 503 g/mol. The van der Waals surface area contributed by atoms with Crippen LogP contribution in [0.4, 0.5) is 0 Å². The third kappa shape index (κ3) is 5.04. The van der Waals surface area contributed by atoms with Gasteiger partial charge in [-0.05, 0) is 38.0 Å². The lowest BCUT2D eigenvalue weighted by Gasteiger charge is -2.40. The van der Waals surface area contributed by atoms with Crippen LogP contribution in [-0.2, 0) is 11.2 Å². The molecule has 6 N–H and O–H groups in total. The molecule has 1 fully saturated rings. The Hall–Kier alpha value is -3.15. The number of Topliss-reactive ketones (excluding diaryl/α,β-unsaturated/α-hetero) is 1. The zero-order chi connectivity index (χ0) is 26.1. The fourth-order valence-corrected chi connectivity index (χ4v) is 4.29. The minimum atomic E-state index is -1.66. The summed E-state index contributed by atoms with van der Waals surface area (Å²) in [5, 5.41) is 60.4. The minimum Gasteiger partial charge on any atom is -0.508 e. The molecule has 4 rings (SSSR count). The van der Waals surface area contributed by atoms with E-state index in [0.29, 0.717) is 11.1 Å². The SMILES string of the molecule is CC(C)=CCc1c(O[C@@H]2O[C@H](CO)[C@@H](O)[C@H](O)[C@H]2O)cc(O)c2c1O[C@H](c1ccc(O)cc1)CC2=O. The Morgan fingerprint density at radius 2 is 1.78 bits per heavy atom. The number of hydrogen-bond donors (Lipinski definition) is 6. The Morgan fingerprint density at radius 3 is 2.42 bits per heavy atom. The number of ketones is 1. The van der Waals surface area contributed by atoms with Crippen molar-refractivity contribution in [2.45, 2.75) is 63.5 Å². The van der Waals surface area contributed by atoms with E-state index in [1.54, 1.807) is 12.1 Å². The molecule has 0 unspecified atom stereocenters. The van der Waals surface area contributed by atoms with Crippen molar-refractivity contribution in [1.82, 2.24) is 0 Å². The smallest absolute Gasteiger partial charge is 0.229 e. The Kier molecular flexibility index (Phi) is 7.53. The lowest BCUT2D eigenvalue weighted by molar-refractivity contribution is -0.277. The molecule has 0 radical (unpaired) electrons. The molecule has 36 heavy (non-hydrogen) atoms. The van der Waals surface area contributed by atoms with Gasteiger partial charge in [-0.2, -0.15) is 0 Å². The highest BCUT2D eigenvalue weighted by Gasteiger charge is 2.45. The van der Waals surface area contributed by atoms with Crippen LogP contribution in [0.2, 0.25) is 0 Å². The molecule has 0 aliphatic carbocycles.